The molecular weight excluding hydrogens is 320 g/mol. The van der Waals surface area contributed by atoms with E-state index >= 15 is 0 Å². The number of rotatable bonds is 4. The van der Waals surface area contributed by atoms with Gasteiger partial charge in [-0.25, -0.2) is 4.79 Å². The Morgan fingerprint density at radius 2 is 1.91 bits per heavy atom. The SMILES string of the molecule is O=C(COC(=O)c1csc2c1CCCC2)c1ccccc1Cl. The molecule has 0 amide bonds. The first kappa shape index (κ1) is 15.3. The molecule has 0 bridgehead atoms. The number of carbonyl (C=O) groups excluding carboxylic acids is 2. The number of aryl methyl sites for hydroxylation is 1. The van der Waals surface area contributed by atoms with Gasteiger partial charge in [0.25, 0.3) is 0 Å². The Hall–Kier alpha value is -1.65. The van der Waals surface area contributed by atoms with E-state index in [4.69, 9.17) is 16.3 Å². The van der Waals surface area contributed by atoms with Crippen LogP contribution >= 0.6 is 22.9 Å². The number of hydrogen-bond donors (Lipinski definition) is 0. The van der Waals surface area contributed by atoms with Crippen LogP contribution in [0.15, 0.2) is 29.6 Å². The summed E-state index contributed by atoms with van der Waals surface area (Å²) in [7, 11) is 0. The standard InChI is InChI=1S/C17H15ClO3S/c18-14-7-3-1-6-12(14)15(19)9-21-17(20)13-10-22-16-8-4-2-5-11(13)16/h1,3,6-7,10H,2,4-5,8-9H2. The fourth-order valence-corrected chi connectivity index (χ4v) is 4.00. The van der Waals surface area contributed by atoms with Crippen molar-refractivity contribution in [2.75, 3.05) is 6.61 Å². The molecule has 1 heterocycles. The minimum Gasteiger partial charge on any atom is -0.454 e. The molecule has 114 valence electrons. The molecule has 0 radical (unpaired) electrons. The molecular formula is C17H15ClO3S. The Morgan fingerprint density at radius 3 is 2.73 bits per heavy atom. The normalized spacial score (nSPS) is 13.5. The van der Waals surface area contributed by atoms with Crippen LogP contribution in [-0.2, 0) is 17.6 Å². The van der Waals surface area contributed by atoms with Gasteiger partial charge in [-0.15, -0.1) is 11.3 Å². The summed E-state index contributed by atoms with van der Waals surface area (Å²) in [6.07, 6.45) is 4.23. The molecule has 1 aromatic carbocycles. The minimum atomic E-state index is -0.417. The Bertz CT molecular complexity index is 720. The van der Waals surface area contributed by atoms with Gasteiger partial charge in [0.15, 0.2) is 6.61 Å². The summed E-state index contributed by atoms with van der Waals surface area (Å²) in [5.41, 5.74) is 2.10. The first-order valence-electron chi connectivity index (χ1n) is 7.21. The lowest BCUT2D eigenvalue weighted by molar-refractivity contribution is 0.0474. The zero-order chi connectivity index (χ0) is 15.5. The highest BCUT2D eigenvalue weighted by Gasteiger charge is 2.22. The molecule has 0 unspecified atom stereocenters. The highest BCUT2D eigenvalue weighted by atomic mass is 35.5. The third-order valence-corrected chi connectivity index (χ3v) is 5.21. The van der Waals surface area contributed by atoms with E-state index in [9.17, 15) is 9.59 Å². The molecule has 1 aromatic heterocycles. The van der Waals surface area contributed by atoms with Crippen molar-refractivity contribution in [2.24, 2.45) is 0 Å². The molecule has 0 N–H and O–H groups in total. The Balaban J connectivity index is 1.67. The molecule has 5 heteroatoms. The summed E-state index contributed by atoms with van der Waals surface area (Å²) in [4.78, 5) is 25.5. The van der Waals surface area contributed by atoms with Crippen molar-refractivity contribution in [3.63, 3.8) is 0 Å². The maximum absolute atomic E-state index is 12.2. The van der Waals surface area contributed by atoms with Gasteiger partial charge in [0.05, 0.1) is 10.6 Å². The smallest absolute Gasteiger partial charge is 0.339 e. The third-order valence-electron chi connectivity index (χ3n) is 3.79. The molecule has 3 nitrogen and oxygen atoms in total. The summed E-state index contributed by atoms with van der Waals surface area (Å²) in [5.74, 6) is -0.706. The van der Waals surface area contributed by atoms with Crippen molar-refractivity contribution >= 4 is 34.7 Å². The van der Waals surface area contributed by atoms with E-state index in [1.807, 2.05) is 5.38 Å². The van der Waals surface area contributed by atoms with Crippen LogP contribution in [0.2, 0.25) is 5.02 Å². The highest BCUT2D eigenvalue weighted by Crippen LogP contribution is 2.30. The van der Waals surface area contributed by atoms with Gasteiger partial charge in [-0.2, -0.15) is 0 Å². The predicted molar refractivity (Wildman–Crippen MR) is 87.0 cm³/mol. The number of Topliss-reactive ketones (excluding diaryl/α,β-unsaturated/α-hetero) is 1. The second-order valence-electron chi connectivity index (χ2n) is 5.24. The van der Waals surface area contributed by atoms with E-state index in [0.29, 0.717) is 16.1 Å². The summed E-state index contributed by atoms with van der Waals surface area (Å²) >= 11 is 7.58. The minimum absolute atomic E-state index is 0.285. The lowest BCUT2D eigenvalue weighted by atomic mass is 9.96. The largest absolute Gasteiger partial charge is 0.454 e. The van der Waals surface area contributed by atoms with Crippen LogP contribution in [0.3, 0.4) is 0 Å². The van der Waals surface area contributed by atoms with Crippen LogP contribution in [0.1, 0.15) is 44.0 Å². The lowest BCUT2D eigenvalue weighted by Crippen LogP contribution is -2.16. The molecule has 1 aliphatic carbocycles. The van der Waals surface area contributed by atoms with E-state index < -0.39 is 5.97 Å². The fourth-order valence-electron chi connectivity index (χ4n) is 2.64. The van der Waals surface area contributed by atoms with Crippen LogP contribution < -0.4 is 0 Å². The lowest BCUT2D eigenvalue weighted by Gasteiger charge is -2.12. The molecule has 0 aliphatic heterocycles. The Kier molecular flexibility index (Phi) is 4.60. The monoisotopic (exact) mass is 334 g/mol. The number of esters is 1. The van der Waals surface area contributed by atoms with Gasteiger partial charge in [0.1, 0.15) is 0 Å². The van der Waals surface area contributed by atoms with Gasteiger partial charge in [-0.1, -0.05) is 23.7 Å². The van der Waals surface area contributed by atoms with Crippen LogP contribution in [0.5, 0.6) is 0 Å². The van der Waals surface area contributed by atoms with E-state index in [0.717, 1.165) is 24.8 Å². The predicted octanol–water partition coefficient (Wildman–Crippen LogP) is 4.32. The van der Waals surface area contributed by atoms with E-state index in [1.54, 1.807) is 35.6 Å². The van der Waals surface area contributed by atoms with Crippen molar-refractivity contribution in [3.05, 3.63) is 56.2 Å². The first-order valence-corrected chi connectivity index (χ1v) is 8.46. The maximum Gasteiger partial charge on any atom is 0.339 e. The molecule has 3 rings (SSSR count). The second-order valence-corrected chi connectivity index (χ2v) is 6.61. The molecule has 0 fully saturated rings. The Labute approximate surface area is 137 Å². The molecule has 0 atom stereocenters. The zero-order valence-corrected chi connectivity index (χ0v) is 13.5. The van der Waals surface area contributed by atoms with E-state index in [-0.39, 0.29) is 12.4 Å². The van der Waals surface area contributed by atoms with Gasteiger partial charge in [0.2, 0.25) is 5.78 Å². The van der Waals surface area contributed by atoms with Crippen molar-refractivity contribution in [3.8, 4) is 0 Å². The van der Waals surface area contributed by atoms with Crippen LogP contribution in [0, 0.1) is 0 Å². The van der Waals surface area contributed by atoms with Gasteiger partial charge >= 0.3 is 5.97 Å². The third kappa shape index (κ3) is 3.08. The molecule has 2 aromatic rings. The van der Waals surface area contributed by atoms with Crippen molar-refractivity contribution < 1.29 is 14.3 Å². The first-order chi connectivity index (χ1) is 10.7. The quantitative estimate of drug-likeness (QED) is 0.617. The topological polar surface area (TPSA) is 43.4 Å². The molecule has 22 heavy (non-hydrogen) atoms. The van der Waals surface area contributed by atoms with Gasteiger partial charge < -0.3 is 4.74 Å². The summed E-state index contributed by atoms with van der Waals surface area (Å²) < 4.78 is 5.18. The average Bonchev–Trinajstić information content (AvgIpc) is 2.97. The molecule has 0 saturated carbocycles. The number of benzene rings is 1. The van der Waals surface area contributed by atoms with Crippen molar-refractivity contribution in [1.29, 1.82) is 0 Å². The van der Waals surface area contributed by atoms with Gasteiger partial charge in [-0.3, -0.25) is 4.79 Å². The number of ketones is 1. The van der Waals surface area contributed by atoms with Crippen LogP contribution in [-0.4, -0.2) is 18.4 Å². The van der Waals surface area contributed by atoms with E-state index in [1.165, 1.54) is 11.3 Å². The molecule has 0 saturated heterocycles. The summed E-state index contributed by atoms with van der Waals surface area (Å²) in [5, 5.41) is 2.22. The fraction of sp³-hybridized carbons (Fsp3) is 0.294. The zero-order valence-electron chi connectivity index (χ0n) is 11.9. The number of hydrogen-bond acceptors (Lipinski definition) is 4. The molecule has 1 aliphatic rings. The van der Waals surface area contributed by atoms with Crippen molar-refractivity contribution in [2.45, 2.75) is 25.7 Å². The number of halogens is 1. The Morgan fingerprint density at radius 1 is 1.14 bits per heavy atom. The molecule has 0 spiro atoms. The number of thiophene rings is 1. The van der Waals surface area contributed by atoms with Gasteiger partial charge in [-0.05, 0) is 43.4 Å². The highest BCUT2D eigenvalue weighted by molar-refractivity contribution is 7.10. The number of ether oxygens (including phenoxy) is 1. The van der Waals surface area contributed by atoms with Crippen LogP contribution in [0.25, 0.3) is 0 Å². The van der Waals surface area contributed by atoms with E-state index in [2.05, 4.69) is 0 Å². The number of carbonyl (C=O) groups is 2. The second kappa shape index (κ2) is 6.63. The maximum atomic E-state index is 12.2. The van der Waals surface area contributed by atoms with Crippen LogP contribution in [0.4, 0.5) is 0 Å². The summed E-state index contributed by atoms with van der Waals surface area (Å²) in [6, 6.07) is 6.76. The van der Waals surface area contributed by atoms with Gasteiger partial charge in [0, 0.05) is 15.8 Å². The average molecular weight is 335 g/mol. The number of fused-ring (bicyclic) bond motifs is 1. The summed E-state index contributed by atoms with van der Waals surface area (Å²) in [6.45, 7) is -0.285. The van der Waals surface area contributed by atoms with Crippen molar-refractivity contribution in [1.82, 2.24) is 0 Å².